The highest BCUT2D eigenvalue weighted by Crippen LogP contribution is 2.40. The number of nitrogens with one attached hydrogen (secondary N) is 1. The van der Waals surface area contributed by atoms with Gasteiger partial charge in [-0.1, -0.05) is 0 Å². The number of carbonyl (C=O) groups is 2. The van der Waals surface area contributed by atoms with Gasteiger partial charge in [0.25, 0.3) is 11.8 Å². The topological polar surface area (TPSA) is 343 Å². The van der Waals surface area contributed by atoms with Crippen LogP contribution in [0.2, 0.25) is 0 Å². The molecule has 11 N–H and O–H groups in total. The summed E-state index contributed by atoms with van der Waals surface area (Å²) >= 11 is 20.8. The summed E-state index contributed by atoms with van der Waals surface area (Å²) in [4.78, 5) is 58.0. The highest BCUT2D eigenvalue weighted by atomic mass is 127. The molecule has 4 atom stereocenters. The second kappa shape index (κ2) is 45.1. The molecule has 8 heterocycles. The van der Waals surface area contributed by atoms with E-state index in [1.54, 1.807) is 120 Å². The average Bonchev–Trinajstić information content (AvgIpc) is 0.790. The molecule has 0 saturated carbocycles. The Morgan fingerprint density at radius 2 is 1.09 bits per heavy atom. The van der Waals surface area contributed by atoms with Crippen molar-refractivity contribution in [1.29, 1.82) is 0 Å². The molecule has 24 nitrogen and oxygen atoms in total. The first kappa shape index (κ1) is 94.3. The smallest absolute Gasteiger partial charge is 0.254 e. The fraction of sp³-hybridized carbons (Fsp3) is 0.218. The Bertz CT molecular complexity index is 5150. The van der Waals surface area contributed by atoms with Gasteiger partial charge in [0, 0.05) is 131 Å². The first-order chi connectivity index (χ1) is 53.7. The quantitative estimate of drug-likeness (QED) is 0.0370. The Balaban J connectivity index is 0.000000226. The minimum Gasteiger partial charge on any atom is -0.504 e. The molecule has 2 bridgehead atoms. The predicted octanol–water partition coefficient (Wildman–Crippen LogP) is 18.7. The highest BCUT2D eigenvalue weighted by molar-refractivity contribution is 14.1. The van der Waals surface area contributed by atoms with E-state index in [9.17, 15) is 27.2 Å². The summed E-state index contributed by atoms with van der Waals surface area (Å²) in [5.41, 5.74) is 30.0. The first-order valence-corrected chi connectivity index (χ1v) is 39.7. The van der Waals surface area contributed by atoms with Crippen molar-refractivity contribution in [3.05, 3.63) is 261 Å². The second-order valence-electron chi connectivity index (χ2n) is 24.3. The molecule has 114 heavy (non-hydrogen) atoms. The fourth-order valence-corrected chi connectivity index (χ4v) is 14.1. The predicted molar refractivity (Wildman–Crippen MR) is 467 cm³/mol. The molecule has 1 aliphatic heterocycles. The molecule has 0 radical (unpaired) electrons. The van der Waals surface area contributed by atoms with Gasteiger partial charge in [-0.05, 0) is 297 Å². The summed E-state index contributed by atoms with van der Waals surface area (Å²) in [5.74, 6) is 1.36. The minimum absolute atomic E-state index is 0. The van der Waals surface area contributed by atoms with E-state index in [0.29, 0.717) is 99.6 Å². The molecular weight excluding hydrogens is 2060 g/mol. The van der Waals surface area contributed by atoms with Crippen LogP contribution >= 0.6 is 137 Å². The third-order valence-corrected chi connectivity index (χ3v) is 21.1. The normalized spacial score (nSPS) is 12.6. The number of amides is 2. The maximum atomic E-state index is 14.1. The zero-order valence-corrected chi connectivity index (χ0v) is 75.6. The lowest BCUT2D eigenvalue weighted by molar-refractivity contribution is 0.0773. The van der Waals surface area contributed by atoms with Gasteiger partial charge in [0.15, 0.2) is 46.3 Å². The standard InChI is InChI=1S/C22H21Br2FN4O3.C22H21FN4O3.C13H11BrFIN2O.C8H11BrN2O.C8H8FIO.C5H5BrN2O.ClH/c1-12(32-18-8-14(23)10-28-20(18)26)17-9-15(25)4-5-16(17)22(30)29(2)11-13-6-7-27-21(31-3)19(13)24;1-12-17-9-15(23)4-5-16(17)22(28)27(2)11-13-6-7-25-21(29-3)19(13)14-8-18(30-12)20(24)26-10-14;1-7(10-5-9(15)2-3-11(10)16)19-12-4-8(14)6-18-13(12)17;1-10-5-6-3-4-11-8(12-2)7(6)9;1-5(11)7-4-6(9)2-3-8(7)10;6-3-1-4(9)5(7)8-2-3;/h4-10,12H,11H2,1-3H3,(H2,26,28);4-10,12H,11H2,1-3H3,(H2,24,26);2-7H,1H3,(H2,17,18);3-4,10H,5H2,1-2H3;2-5,11H,1H3;1-2,9H,(H2,7,8);1H/t2*12-;7-;;5-;;/m111.0../s1. The minimum atomic E-state index is -0.663. The van der Waals surface area contributed by atoms with Crippen molar-refractivity contribution in [1.82, 2.24) is 50.0 Å². The number of methoxy groups -OCH3 is 3. The van der Waals surface area contributed by atoms with Crippen LogP contribution in [-0.4, -0.2) is 109 Å². The monoisotopic (exact) mass is 2130 g/mol. The number of rotatable bonds is 15. The number of anilines is 4. The Morgan fingerprint density at radius 3 is 1.62 bits per heavy atom. The van der Waals surface area contributed by atoms with Crippen molar-refractivity contribution >= 4 is 172 Å². The van der Waals surface area contributed by atoms with Gasteiger partial charge < -0.3 is 76.7 Å². The van der Waals surface area contributed by atoms with Gasteiger partial charge in [-0.15, -0.1) is 12.4 Å². The van der Waals surface area contributed by atoms with Gasteiger partial charge >= 0.3 is 0 Å². The van der Waals surface area contributed by atoms with Gasteiger partial charge in [-0.2, -0.15) is 0 Å². The number of benzene rings is 4. The molecule has 0 saturated heterocycles. The third-order valence-electron chi connectivity index (χ3n) is 16.1. The highest BCUT2D eigenvalue weighted by Gasteiger charge is 2.28. The molecule has 0 aliphatic carbocycles. The fourth-order valence-electron chi connectivity index (χ4n) is 10.5. The van der Waals surface area contributed by atoms with Crippen LogP contribution in [0.3, 0.4) is 0 Å². The van der Waals surface area contributed by atoms with Crippen LogP contribution in [-0.2, 0) is 19.6 Å². The summed E-state index contributed by atoms with van der Waals surface area (Å²) in [5, 5.41) is 21.1. The molecule has 36 heteroatoms. The number of aliphatic hydroxyl groups is 1. The molecule has 7 aromatic heterocycles. The van der Waals surface area contributed by atoms with Gasteiger partial charge in [0.05, 0.1) is 41.9 Å². The van der Waals surface area contributed by atoms with Crippen molar-refractivity contribution in [2.45, 2.75) is 71.7 Å². The summed E-state index contributed by atoms with van der Waals surface area (Å²) in [6.07, 6.45) is 9.01. The van der Waals surface area contributed by atoms with Gasteiger partial charge in [0.2, 0.25) is 17.6 Å². The number of aromatic nitrogens is 7. The van der Waals surface area contributed by atoms with Crippen LogP contribution in [0.15, 0.2) is 181 Å². The number of carbonyl (C=O) groups excluding carboxylic acids is 2. The summed E-state index contributed by atoms with van der Waals surface area (Å²) in [7, 11) is 9.91. The van der Waals surface area contributed by atoms with E-state index in [2.05, 4.69) is 165 Å². The Labute approximate surface area is 731 Å². The lowest BCUT2D eigenvalue weighted by Crippen LogP contribution is -2.28. The second-order valence-corrected chi connectivity index (χ2v) is 30.9. The summed E-state index contributed by atoms with van der Waals surface area (Å²) in [6.45, 7) is 8.30. The van der Waals surface area contributed by atoms with Crippen molar-refractivity contribution in [3.63, 3.8) is 0 Å². The van der Waals surface area contributed by atoms with Crippen molar-refractivity contribution < 1.29 is 65.8 Å². The van der Waals surface area contributed by atoms with E-state index in [4.69, 9.17) is 61.6 Å². The van der Waals surface area contributed by atoms with E-state index < -0.39 is 29.9 Å². The molecule has 12 rings (SSSR count). The van der Waals surface area contributed by atoms with E-state index in [1.165, 1.54) is 92.0 Å². The van der Waals surface area contributed by atoms with Gasteiger partial charge in [0.1, 0.15) is 41.6 Å². The lowest BCUT2D eigenvalue weighted by atomic mass is 9.99. The molecule has 0 fully saturated rings. The number of nitrogens with two attached hydrogens (primary N) is 4. The number of hydrogen-bond donors (Lipinski definition) is 7. The van der Waals surface area contributed by atoms with E-state index in [-0.39, 0.29) is 71.7 Å². The lowest BCUT2D eigenvalue weighted by Gasteiger charge is -2.25. The van der Waals surface area contributed by atoms with Crippen LogP contribution in [0, 0.1) is 30.4 Å². The number of halogens is 12. The van der Waals surface area contributed by atoms with E-state index in [1.807, 2.05) is 26.1 Å². The number of aliphatic hydroxyl groups excluding tert-OH is 1. The Hall–Kier alpha value is -8.54. The molecule has 604 valence electrons. The van der Waals surface area contributed by atoms with Crippen LogP contribution in [0.4, 0.5) is 40.8 Å². The molecule has 0 spiro atoms. The molecule has 0 unspecified atom stereocenters. The van der Waals surface area contributed by atoms with Crippen LogP contribution in [0.1, 0.15) is 112 Å². The summed E-state index contributed by atoms with van der Waals surface area (Å²) in [6, 6.07) is 29.2. The number of nitrogens with zero attached hydrogens (tertiary/aromatic N) is 9. The number of nitrogen functional groups attached to an aromatic ring is 4. The van der Waals surface area contributed by atoms with Crippen molar-refractivity contribution in [2.24, 2.45) is 0 Å². The number of ether oxygens (including phenoxy) is 6. The van der Waals surface area contributed by atoms with Gasteiger partial charge in [-0.25, -0.2) is 52.4 Å². The zero-order chi connectivity index (χ0) is 83.1. The average molecular weight is 2140 g/mol. The number of pyridine rings is 7. The van der Waals surface area contributed by atoms with E-state index >= 15 is 0 Å². The van der Waals surface area contributed by atoms with Crippen molar-refractivity contribution in [2.75, 3.05) is 65.4 Å². The molecule has 11 aromatic rings. The van der Waals surface area contributed by atoms with Crippen LogP contribution < -0.4 is 56.7 Å². The molecule has 4 aromatic carbocycles. The summed E-state index contributed by atoms with van der Waals surface area (Å²) < 4.78 is 93.0. The Morgan fingerprint density at radius 1 is 0.623 bits per heavy atom. The van der Waals surface area contributed by atoms with Crippen LogP contribution in [0.25, 0.3) is 11.1 Å². The molecule has 2 amide bonds. The molecular formula is C78H78Br5ClF4I2N14O10. The maximum absolute atomic E-state index is 14.1. The maximum Gasteiger partial charge on any atom is 0.254 e. The van der Waals surface area contributed by atoms with Crippen LogP contribution in [0.5, 0.6) is 40.6 Å². The largest absolute Gasteiger partial charge is 0.504 e. The number of hydrogen-bond acceptors (Lipinski definition) is 22. The molecule has 1 aliphatic rings. The zero-order valence-electron chi connectivity index (χ0n) is 62.5. The Kier molecular flexibility index (Phi) is 37.3. The third kappa shape index (κ3) is 26.5. The van der Waals surface area contributed by atoms with E-state index in [0.717, 1.165) is 44.9 Å². The first-order valence-electron chi connectivity index (χ1n) is 33.5. The SMILES string of the molecule is CNCc1ccnc(OC)c1Br.COc1nccc(CN(C)C(=O)c2ccc(F)cc2[C@@H](C)Oc2cc(Br)cnc2N)c1Br.COc1nccc2c1-c1cnc(N)c(c1)O[C@H](C)c1cc(F)ccc1C(=O)N(C)C2.C[C@@H](Oc1cc(Br)cnc1N)c1cc(F)ccc1I.C[C@H](O)c1cc(F)ccc1I.Cl.Nc1ncc(Br)cc1O. The van der Waals surface area contributed by atoms with Gasteiger partial charge in [-0.3, -0.25) is 9.59 Å². The number of fused-ring (bicyclic) bond motifs is 5. The van der Waals surface area contributed by atoms with Crippen molar-refractivity contribution in [3.8, 4) is 51.8 Å². The number of aromatic hydroxyl groups is 1.